The molecule has 5 nitrogen and oxygen atoms in total. The first-order chi connectivity index (χ1) is 12.2. The quantitative estimate of drug-likeness (QED) is 0.561. The van der Waals surface area contributed by atoms with Gasteiger partial charge in [-0.25, -0.2) is 4.98 Å². The number of fused-ring (bicyclic) bond motifs is 1. The molecule has 3 rings (SSSR count). The van der Waals surface area contributed by atoms with Gasteiger partial charge in [0.05, 0.1) is 16.7 Å². The van der Waals surface area contributed by atoms with Gasteiger partial charge in [0.1, 0.15) is 17.5 Å². The van der Waals surface area contributed by atoms with Crippen molar-refractivity contribution >= 4 is 34.4 Å². The van der Waals surface area contributed by atoms with Crippen LogP contribution in [0.15, 0.2) is 65.4 Å². The van der Waals surface area contributed by atoms with E-state index >= 15 is 0 Å². The summed E-state index contributed by atoms with van der Waals surface area (Å²) < 4.78 is 5.72. The first-order valence-corrected chi connectivity index (χ1v) is 8.06. The summed E-state index contributed by atoms with van der Waals surface area (Å²) in [6.07, 6.45) is 3.43. The molecule has 0 aliphatic carbocycles. The van der Waals surface area contributed by atoms with Crippen LogP contribution in [0.3, 0.4) is 0 Å². The predicted octanol–water partition coefficient (Wildman–Crippen LogP) is 3.73. The smallest absolute Gasteiger partial charge is 0.129 e. The Kier molecular flexibility index (Phi) is 5.26. The van der Waals surface area contributed by atoms with Gasteiger partial charge in [-0.1, -0.05) is 29.8 Å². The summed E-state index contributed by atoms with van der Waals surface area (Å²) in [7, 11) is 1.69. The van der Waals surface area contributed by atoms with Gasteiger partial charge < -0.3 is 10.5 Å². The van der Waals surface area contributed by atoms with Crippen LogP contribution in [0.25, 0.3) is 16.6 Å². The van der Waals surface area contributed by atoms with Crippen molar-refractivity contribution in [2.24, 2.45) is 10.7 Å². The highest BCUT2D eigenvalue weighted by molar-refractivity contribution is 6.29. The zero-order valence-corrected chi connectivity index (χ0v) is 14.4. The molecule has 2 heterocycles. The number of hydrogen-bond donors (Lipinski definition) is 1. The summed E-state index contributed by atoms with van der Waals surface area (Å²) in [5.74, 6) is 0.753. The van der Waals surface area contributed by atoms with E-state index < -0.39 is 0 Å². The second kappa shape index (κ2) is 7.77. The Balaban J connectivity index is 1.93. The van der Waals surface area contributed by atoms with Gasteiger partial charge in [-0.2, -0.15) is 0 Å². The lowest BCUT2D eigenvalue weighted by Gasteiger charge is -2.11. The molecule has 2 aromatic heterocycles. The largest absolute Gasteiger partial charge is 0.487 e. The number of halogens is 1. The molecule has 0 aliphatic rings. The van der Waals surface area contributed by atoms with Crippen molar-refractivity contribution in [3.63, 3.8) is 0 Å². The number of pyridine rings is 2. The van der Waals surface area contributed by atoms with Crippen LogP contribution in [-0.4, -0.2) is 29.8 Å². The van der Waals surface area contributed by atoms with Gasteiger partial charge >= 0.3 is 0 Å². The number of allylic oxidation sites excluding steroid dienone is 1. The van der Waals surface area contributed by atoms with Crippen molar-refractivity contribution in [3.05, 3.63) is 71.1 Å². The number of aromatic nitrogens is 2. The number of rotatable bonds is 5. The number of aliphatic imine (C=N–C) groups is 1. The molecule has 3 aromatic rings. The molecule has 0 fully saturated rings. The van der Waals surface area contributed by atoms with Gasteiger partial charge in [0.2, 0.25) is 0 Å². The Morgan fingerprint density at radius 3 is 2.76 bits per heavy atom. The minimum absolute atomic E-state index is 0.242. The molecule has 1 aromatic carbocycles. The molecule has 126 valence electrons. The number of hydrogen-bond acceptors (Lipinski definition) is 5. The second-order valence-corrected chi connectivity index (χ2v) is 5.71. The Labute approximate surface area is 150 Å². The molecular formula is C19H17ClN4O. The number of nitrogens with two attached hydrogens (primary N) is 1. The fourth-order valence-corrected chi connectivity index (χ4v) is 2.51. The Hall–Kier alpha value is -2.92. The van der Waals surface area contributed by atoms with Gasteiger partial charge in [0, 0.05) is 30.6 Å². The number of para-hydroxylation sites is 1. The summed E-state index contributed by atoms with van der Waals surface area (Å²) in [6.45, 7) is 0.242. The van der Waals surface area contributed by atoms with Crippen molar-refractivity contribution in [1.82, 2.24) is 9.97 Å². The molecule has 2 N–H and O–H groups in total. The van der Waals surface area contributed by atoms with Crippen LogP contribution in [0.4, 0.5) is 0 Å². The van der Waals surface area contributed by atoms with E-state index in [1.54, 1.807) is 25.5 Å². The van der Waals surface area contributed by atoms with Crippen LogP contribution in [0.5, 0.6) is 5.75 Å². The molecule has 0 saturated carbocycles. The third kappa shape index (κ3) is 4.14. The molecule has 0 spiro atoms. The van der Waals surface area contributed by atoms with Gasteiger partial charge in [-0.15, -0.1) is 0 Å². The Morgan fingerprint density at radius 2 is 2.00 bits per heavy atom. The Bertz CT molecular complexity index is 939. The molecule has 0 radical (unpaired) electrons. The number of ether oxygens (including phenoxy) is 1. The maximum Gasteiger partial charge on any atom is 0.129 e. The predicted molar refractivity (Wildman–Crippen MR) is 102 cm³/mol. The van der Waals surface area contributed by atoms with E-state index in [-0.39, 0.29) is 6.61 Å². The summed E-state index contributed by atoms with van der Waals surface area (Å²) in [4.78, 5) is 12.8. The van der Waals surface area contributed by atoms with Crippen molar-refractivity contribution < 1.29 is 4.74 Å². The molecule has 0 aliphatic heterocycles. The van der Waals surface area contributed by atoms with Crippen LogP contribution in [-0.2, 0) is 0 Å². The monoisotopic (exact) mass is 352 g/mol. The van der Waals surface area contributed by atoms with E-state index in [1.165, 1.54) is 0 Å². The molecule has 0 amide bonds. The van der Waals surface area contributed by atoms with Gasteiger partial charge in [0.15, 0.2) is 0 Å². The van der Waals surface area contributed by atoms with Gasteiger partial charge in [-0.3, -0.25) is 9.98 Å². The lowest BCUT2D eigenvalue weighted by atomic mass is 10.1. The van der Waals surface area contributed by atoms with Crippen LogP contribution in [0.2, 0.25) is 5.15 Å². The van der Waals surface area contributed by atoms with Crippen molar-refractivity contribution in [2.45, 2.75) is 0 Å². The van der Waals surface area contributed by atoms with Crippen LogP contribution in [0, 0.1) is 0 Å². The lowest BCUT2D eigenvalue weighted by molar-refractivity contribution is 0.351. The SMILES string of the molecule is CN=CC(=C(N)COc1ccccc1)c1cnc2ccc(Cl)nc2c1. The minimum Gasteiger partial charge on any atom is -0.487 e. The molecule has 0 bridgehead atoms. The molecule has 0 saturated heterocycles. The highest BCUT2D eigenvalue weighted by atomic mass is 35.5. The Morgan fingerprint density at radius 1 is 1.20 bits per heavy atom. The normalized spacial score (nSPS) is 12.4. The van der Waals surface area contributed by atoms with Crippen molar-refractivity contribution in [3.8, 4) is 5.75 Å². The average molecular weight is 353 g/mol. The van der Waals surface area contributed by atoms with E-state index in [1.807, 2.05) is 42.5 Å². The van der Waals surface area contributed by atoms with Crippen LogP contribution >= 0.6 is 11.6 Å². The van der Waals surface area contributed by atoms with Crippen LogP contribution in [0.1, 0.15) is 5.56 Å². The van der Waals surface area contributed by atoms with Gasteiger partial charge in [0.25, 0.3) is 0 Å². The lowest BCUT2D eigenvalue weighted by Crippen LogP contribution is -2.13. The highest BCUT2D eigenvalue weighted by Gasteiger charge is 2.09. The summed E-state index contributed by atoms with van der Waals surface area (Å²) in [5.41, 5.74) is 9.81. The first kappa shape index (κ1) is 16.9. The summed E-state index contributed by atoms with van der Waals surface area (Å²) in [6, 6.07) is 14.9. The maximum absolute atomic E-state index is 6.25. The molecule has 0 atom stereocenters. The minimum atomic E-state index is 0.242. The van der Waals surface area contributed by atoms with Crippen LogP contribution < -0.4 is 10.5 Å². The fraction of sp³-hybridized carbons (Fsp3) is 0.105. The van der Waals surface area contributed by atoms with Crippen molar-refractivity contribution in [1.29, 1.82) is 0 Å². The third-order valence-electron chi connectivity index (χ3n) is 3.56. The number of benzene rings is 1. The molecule has 0 unspecified atom stereocenters. The summed E-state index contributed by atoms with van der Waals surface area (Å²) >= 11 is 5.97. The highest BCUT2D eigenvalue weighted by Crippen LogP contribution is 2.20. The molecular weight excluding hydrogens is 336 g/mol. The van der Waals surface area contributed by atoms with E-state index in [9.17, 15) is 0 Å². The van der Waals surface area contributed by atoms with E-state index in [0.29, 0.717) is 16.4 Å². The molecule has 6 heteroatoms. The molecule has 25 heavy (non-hydrogen) atoms. The van der Waals surface area contributed by atoms with E-state index in [4.69, 9.17) is 22.1 Å². The third-order valence-corrected chi connectivity index (χ3v) is 3.77. The summed E-state index contributed by atoms with van der Waals surface area (Å²) in [5, 5.41) is 0.418. The number of nitrogens with zero attached hydrogens (tertiary/aromatic N) is 3. The average Bonchev–Trinajstić information content (AvgIpc) is 2.64. The van der Waals surface area contributed by atoms with Gasteiger partial charge in [-0.05, 0) is 30.3 Å². The van der Waals surface area contributed by atoms with E-state index in [0.717, 1.165) is 22.4 Å². The second-order valence-electron chi connectivity index (χ2n) is 5.32. The van der Waals surface area contributed by atoms with Crippen molar-refractivity contribution in [2.75, 3.05) is 13.7 Å². The zero-order chi connectivity index (χ0) is 17.6. The topological polar surface area (TPSA) is 73.4 Å². The standard InChI is InChI=1S/C19H17ClN4O/c1-22-11-15(16(21)12-25-14-5-3-2-4-6-14)13-9-18-17(23-10-13)7-8-19(20)24-18/h2-11H,12,21H2,1H3. The maximum atomic E-state index is 6.25. The first-order valence-electron chi connectivity index (χ1n) is 7.68. The zero-order valence-electron chi connectivity index (χ0n) is 13.7. The fourth-order valence-electron chi connectivity index (χ4n) is 2.36. The van der Waals surface area contributed by atoms with E-state index in [2.05, 4.69) is 15.0 Å².